The van der Waals surface area contributed by atoms with Crippen LogP contribution in [0.15, 0.2) is 0 Å². The Balaban J connectivity index is 3.58. The molecule has 0 bridgehead atoms. The smallest absolute Gasteiger partial charge is 0.321 e. The van der Waals surface area contributed by atoms with Gasteiger partial charge in [0.1, 0.15) is 6.04 Å². The highest BCUT2D eigenvalue weighted by Crippen LogP contribution is 2.14. The van der Waals surface area contributed by atoms with Gasteiger partial charge in [-0.3, -0.25) is 9.69 Å². The maximum absolute atomic E-state index is 11.4. The molecule has 27 heavy (non-hydrogen) atoms. The Morgan fingerprint density at radius 1 is 0.704 bits per heavy atom. The number of carboxylic acids is 1. The molecular formula is C23H47NO3. The van der Waals surface area contributed by atoms with Crippen LogP contribution in [0.4, 0.5) is 0 Å². The number of aliphatic hydroxyl groups is 1. The summed E-state index contributed by atoms with van der Waals surface area (Å²) in [6.45, 7) is 5.93. The molecule has 4 heteroatoms. The molecule has 1 atom stereocenters. The van der Waals surface area contributed by atoms with Gasteiger partial charge in [0.05, 0.1) is 0 Å². The van der Waals surface area contributed by atoms with Crippen molar-refractivity contribution in [3.8, 4) is 0 Å². The zero-order valence-corrected chi connectivity index (χ0v) is 18.3. The molecule has 0 aromatic carbocycles. The van der Waals surface area contributed by atoms with E-state index in [1.54, 1.807) is 0 Å². The Hall–Kier alpha value is -0.610. The van der Waals surface area contributed by atoms with Gasteiger partial charge in [0, 0.05) is 6.61 Å². The topological polar surface area (TPSA) is 60.8 Å². The number of rotatable bonds is 21. The monoisotopic (exact) mass is 385 g/mol. The molecule has 0 amide bonds. The molecule has 0 rings (SSSR count). The van der Waals surface area contributed by atoms with Crippen molar-refractivity contribution in [2.24, 2.45) is 0 Å². The Morgan fingerprint density at radius 2 is 1.15 bits per heavy atom. The predicted molar refractivity (Wildman–Crippen MR) is 115 cm³/mol. The van der Waals surface area contributed by atoms with E-state index in [2.05, 4.69) is 13.8 Å². The summed E-state index contributed by atoms with van der Waals surface area (Å²) in [7, 11) is 0. The van der Waals surface area contributed by atoms with E-state index in [1.165, 1.54) is 83.5 Å². The van der Waals surface area contributed by atoms with E-state index in [4.69, 9.17) is 5.11 Å². The van der Waals surface area contributed by atoms with Crippen molar-refractivity contribution < 1.29 is 15.0 Å². The standard InChI is InChI=1S/C23H47NO3/c1-3-5-6-7-8-9-10-11-12-13-14-15-16-17-20-24(19-4-2)22(18-21-25)23(26)27/h22,25H,3-21H2,1-2H3,(H,26,27). The first-order chi connectivity index (χ1) is 13.2. The lowest BCUT2D eigenvalue weighted by atomic mass is 10.0. The number of unbranched alkanes of at least 4 members (excludes halogenated alkanes) is 13. The molecule has 1 unspecified atom stereocenters. The minimum absolute atomic E-state index is 0.0596. The van der Waals surface area contributed by atoms with Crippen molar-refractivity contribution in [1.29, 1.82) is 0 Å². The van der Waals surface area contributed by atoms with Crippen molar-refractivity contribution >= 4 is 5.97 Å². The Bertz CT molecular complexity index is 323. The van der Waals surface area contributed by atoms with Gasteiger partial charge >= 0.3 is 5.97 Å². The molecule has 162 valence electrons. The summed E-state index contributed by atoms with van der Waals surface area (Å²) in [5.41, 5.74) is 0. The highest BCUT2D eigenvalue weighted by molar-refractivity contribution is 5.73. The number of nitrogens with zero attached hydrogens (tertiary/aromatic N) is 1. The quantitative estimate of drug-likeness (QED) is 0.237. The number of hydrogen-bond donors (Lipinski definition) is 2. The molecule has 2 N–H and O–H groups in total. The van der Waals surface area contributed by atoms with Crippen LogP contribution in [-0.2, 0) is 4.79 Å². The van der Waals surface area contributed by atoms with Gasteiger partial charge in [-0.25, -0.2) is 0 Å². The molecule has 0 aliphatic carbocycles. The molecule has 0 fully saturated rings. The minimum atomic E-state index is -0.803. The van der Waals surface area contributed by atoms with Gasteiger partial charge in [-0.05, 0) is 32.4 Å². The third kappa shape index (κ3) is 16.1. The lowest BCUT2D eigenvalue weighted by Crippen LogP contribution is -2.42. The van der Waals surface area contributed by atoms with Crippen molar-refractivity contribution in [1.82, 2.24) is 4.90 Å². The number of carbonyl (C=O) groups is 1. The van der Waals surface area contributed by atoms with Crippen LogP contribution in [0.1, 0.15) is 117 Å². The fourth-order valence-corrected chi connectivity index (χ4v) is 3.80. The fraction of sp³-hybridized carbons (Fsp3) is 0.957. The van der Waals surface area contributed by atoms with Crippen molar-refractivity contribution in [2.75, 3.05) is 19.7 Å². The zero-order valence-electron chi connectivity index (χ0n) is 18.3. The van der Waals surface area contributed by atoms with Gasteiger partial charge in [0.15, 0.2) is 0 Å². The summed E-state index contributed by atoms with van der Waals surface area (Å²) in [5.74, 6) is -0.803. The predicted octanol–water partition coefficient (Wildman–Crippen LogP) is 6.02. The number of hydrogen-bond acceptors (Lipinski definition) is 3. The van der Waals surface area contributed by atoms with E-state index in [9.17, 15) is 9.90 Å². The van der Waals surface area contributed by atoms with E-state index in [0.717, 1.165) is 25.9 Å². The van der Waals surface area contributed by atoms with Crippen molar-refractivity contribution in [3.63, 3.8) is 0 Å². The summed E-state index contributed by atoms with van der Waals surface area (Å²) >= 11 is 0. The summed E-state index contributed by atoms with van der Waals surface area (Å²) < 4.78 is 0. The van der Waals surface area contributed by atoms with E-state index in [1.807, 2.05) is 4.90 Å². The van der Waals surface area contributed by atoms with Crippen molar-refractivity contribution in [3.05, 3.63) is 0 Å². The minimum Gasteiger partial charge on any atom is -0.480 e. The number of aliphatic carboxylic acids is 1. The molecule has 0 aliphatic rings. The second-order valence-corrected chi connectivity index (χ2v) is 8.00. The molecule has 0 heterocycles. The van der Waals surface area contributed by atoms with Crippen LogP contribution in [0.2, 0.25) is 0 Å². The highest BCUT2D eigenvalue weighted by Gasteiger charge is 2.23. The average molecular weight is 386 g/mol. The Morgan fingerprint density at radius 3 is 1.52 bits per heavy atom. The van der Waals surface area contributed by atoms with Gasteiger partial charge < -0.3 is 10.2 Å². The van der Waals surface area contributed by atoms with E-state index in [-0.39, 0.29) is 6.61 Å². The molecule has 4 nitrogen and oxygen atoms in total. The van der Waals surface area contributed by atoms with E-state index >= 15 is 0 Å². The van der Waals surface area contributed by atoms with E-state index in [0.29, 0.717) is 6.42 Å². The lowest BCUT2D eigenvalue weighted by molar-refractivity contribution is -0.144. The third-order valence-electron chi connectivity index (χ3n) is 5.44. The maximum Gasteiger partial charge on any atom is 0.321 e. The second kappa shape index (κ2) is 20.1. The molecule has 0 aromatic heterocycles. The van der Waals surface area contributed by atoms with Gasteiger partial charge in [0.25, 0.3) is 0 Å². The third-order valence-corrected chi connectivity index (χ3v) is 5.44. The Labute approximate surface area is 168 Å². The first kappa shape index (κ1) is 26.4. The van der Waals surface area contributed by atoms with Crippen LogP contribution in [0, 0.1) is 0 Å². The normalized spacial score (nSPS) is 12.6. The number of carboxylic acid groups (broad SMARTS) is 1. The highest BCUT2D eigenvalue weighted by atomic mass is 16.4. The summed E-state index contributed by atoms with van der Waals surface area (Å²) in [4.78, 5) is 13.4. The lowest BCUT2D eigenvalue weighted by Gasteiger charge is -2.28. The molecular weight excluding hydrogens is 338 g/mol. The van der Waals surface area contributed by atoms with Crippen LogP contribution >= 0.6 is 0 Å². The SMILES string of the molecule is CCCCCCCCCCCCCCCCN(CCC)C(CCO)C(=O)O. The largest absolute Gasteiger partial charge is 0.480 e. The fourth-order valence-electron chi connectivity index (χ4n) is 3.80. The molecule has 0 aliphatic heterocycles. The van der Waals surface area contributed by atoms with Crippen LogP contribution in [0.25, 0.3) is 0 Å². The summed E-state index contributed by atoms with van der Waals surface area (Å²) in [6.07, 6.45) is 20.0. The van der Waals surface area contributed by atoms with Crippen molar-refractivity contribution in [2.45, 2.75) is 123 Å². The van der Waals surface area contributed by atoms with E-state index < -0.39 is 12.0 Å². The van der Waals surface area contributed by atoms with Crippen LogP contribution in [-0.4, -0.2) is 46.8 Å². The van der Waals surface area contributed by atoms with Crippen LogP contribution in [0.5, 0.6) is 0 Å². The first-order valence-corrected chi connectivity index (χ1v) is 11.7. The van der Waals surface area contributed by atoms with Gasteiger partial charge in [0.2, 0.25) is 0 Å². The Kier molecular flexibility index (Phi) is 19.7. The molecule has 0 aromatic rings. The molecule has 0 radical (unpaired) electrons. The van der Waals surface area contributed by atoms with Crippen LogP contribution < -0.4 is 0 Å². The summed E-state index contributed by atoms with van der Waals surface area (Å²) in [5, 5.41) is 18.5. The van der Waals surface area contributed by atoms with Gasteiger partial charge in [-0.1, -0.05) is 97.3 Å². The molecule has 0 spiro atoms. The summed E-state index contributed by atoms with van der Waals surface area (Å²) in [6, 6.07) is -0.531. The zero-order chi connectivity index (χ0) is 20.2. The second-order valence-electron chi connectivity index (χ2n) is 8.00. The molecule has 0 saturated carbocycles. The average Bonchev–Trinajstić information content (AvgIpc) is 2.65. The molecule has 0 saturated heterocycles. The maximum atomic E-state index is 11.4. The van der Waals surface area contributed by atoms with Crippen LogP contribution in [0.3, 0.4) is 0 Å². The van der Waals surface area contributed by atoms with Gasteiger partial charge in [-0.15, -0.1) is 0 Å². The first-order valence-electron chi connectivity index (χ1n) is 11.7. The number of aliphatic hydroxyl groups excluding tert-OH is 1. The van der Waals surface area contributed by atoms with Gasteiger partial charge in [-0.2, -0.15) is 0 Å².